The first kappa shape index (κ1) is 23.8. The van der Waals surface area contributed by atoms with Crippen molar-refractivity contribution >= 4 is 11.9 Å². The second-order valence-corrected chi connectivity index (χ2v) is 7.26. The molecule has 0 aliphatic carbocycles. The average molecular weight is 455 g/mol. The first-order chi connectivity index (χ1) is 15.9. The number of benzene rings is 2. The number of methoxy groups -OCH3 is 3. The summed E-state index contributed by atoms with van der Waals surface area (Å²) in [5.74, 6) is 0.856. The zero-order valence-corrected chi connectivity index (χ0v) is 18.7. The SMILES string of the molecule is COC(=O)CC(NC(=O)CCc1ccc(-c2ccccc2F)o1)c1ccc(OC)c(OC)c1. The van der Waals surface area contributed by atoms with E-state index in [4.69, 9.17) is 18.6 Å². The van der Waals surface area contributed by atoms with E-state index in [0.717, 1.165) is 0 Å². The van der Waals surface area contributed by atoms with Gasteiger partial charge in [-0.25, -0.2) is 4.39 Å². The second-order valence-electron chi connectivity index (χ2n) is 7.26. The fraction of sp³-hybridized carbons (Fsp3) is 0.280. The molecule has 1 heterocycles. The second kappa shape index (κ2) is 11.2. The maximum atomic E-state index is 14.0. The van der Waals surface area contributed by atoms with Gasteiger partial charge in [0.15, 0.2) is 11.5 Å². The lowest BCUT2D eigenvalue weighted by Gasteiger charge is -2.19. The van der Waals surface area contributed by atoms with Gasteiger partial charge in [-0.2, -0.15) is 0 Å². The van der Waals surface area contributed by atoms with Crippen LogP contribution in [0.2, 0.25) is 0 Å². The molecule has 3 rings (SSSR count). The molecule has 0 saturated carbocycles. The number of carbonyl (C=O) groups is 2. The van der Waals surface area contributed by atoms with Gasteiger partial charge in [0.25, 0.3) is 0 Å². The van der Waals surface area contributed by atoms with Crippen molar-refractivity contribution in [3.05, 3.63) is 71.7 Å². The van der Waals surface area contributed by atoms with E-state index in [9.17, 15) is 14.0 Å². The van der Waals surface area contributed by atoms with E-state index in [-0.39, 0.29) is 24.6 Å². The summed E-state index contributed by atoms with van der Waals surface area (Å²) < 4.78 is 35.0. The van der Waals surface area contributed by atoms with Gasteiger partial charge in [0.2, 0.25) is 5.91 Å². The van der Waals surface area contributed by atoms with Crippen molar-refractivity contribution in [2.24, 2.45) is 0 Å². The Labute approximate surface area is 191 Å². The van der Waals surface area contributed by atoms with E-state index in [1.54, 1.807) is 48.5 Å². The minimum atomic E-state index is -0.615. The minimum Gasteiger partial charge on any atom is -0.493 e. The van der Waals surface area contributed by atoms with Crippen molar-refractivity contribution in [3.8, 4) is 22.8 Å². The third-order valence-electron chi connectivity index (χ3n) is 5.14. The Bertz CT molecular complexity index is 1110. The topological polar surface area (TPSA) is 87.0 Å². The number of rotatable bonds is 10. The molecule has 174 valence electrons. The smallest absolute Gasteiger partial charge is 0.307 e. The van der Waals surface area contributed by atoms with Crippen LogP contribution in [-0.2, 0) is 20.7 Å². The molecular formula is C25H26FNO6. The van der Waals surface area contributed by atoms with Gasteiger partial charge in [0.1, 0.15) is 17.3 Å². The standard InChI is InChI=1S/C25H26FNO6/c1-30-22-11-8-16(14-23(22)31-2)20(15-25(29)32-3)27-24(28)13-10-17-9-12-21(33-17)18-6-4-5-7-19(18)26/h4-9,11-12,14,20H,10,13,15H2,1-3H3,(H,27,28). The largest absolute Gasteiger partial charge is 0.493 e. The van der Waals surface area contributed by atoms with E-state index in [0.29, 0.717) is 40.6 Å². The van der Waals surface area contributed by atoms with Crippen LogP contribution >= 0.6 is 0 Å². The normalized spacial score (nSPS) is 11.5. The van der Waals surface area contributed by atoms with Crippen LogP contribution in [0.1, 0.15) is 30.2 Å². The monoisotopic (exact) mass is 455 g/mol. The van der Waals surface area contributed by atoms with Crippen LogP contribution in [0.5, 0.6) is 11.5 Å². The van der Waals surface area contributed by atoms with E-state index in [2.05, 4.69) is 5.32 Å². The van der Waals surface area contributed by atoms with Crippen LogP contribution in [-0.4, -0.2) is 33.2 Å². The molecule has 0 radical (unpaired) electrons. The van der Waals surface area contributed by atoms with Crippen molar-refractivity contribution in [2.75, 3.05) is 21.3 Å². The number of halogens is 1. The van der Waals surface area contributed by atoms with Crippen molar-refractivity contribution < 1.29 is 32.6 Å². The lowest BCUT2D eigenvalue weighted by Crippen LogP contribution is -2.30. The third-order valence-corrected chi connectivity index (χ3v) is 5.14. The van der Waals surface area contributed by atoms with Gasteiger partial charge in [-0.1, -0.05) is 18.2 Å². The quantitative estimate of drug-likeness (QED) is 0.455. The minimum absolute atomic E-state index is 0.0457. The number of furan rings is 1. The van der Waals surface area contributed by atoms with Crippen LogP contribution in [0.25, 0.3) is 11.3 Å². The highest BCUT2D eigenvalue weighted by Gasteiger charge is 2.21. The Morgan fingerprint density at radius 1 is 1.00 bits per heavy atom. The molecule has 0 aliphatic rings. The molecule has 8 heteroatoms. The average Bonchev–Trinajstić information content (AvgIpc) is 3.30. The molecule has 7 nitrogen and oxygen atoms in total. The highest BCUT2D eigenvalue weighted by molar-refractivity contribution is 5.78. The first-order valence-electron chi connectivity index (χ1n) is 10.4. The molecule has 1 atom stereocenters. The van der Waals surface area contributed by atoms with Crippen LogP contribution in [0.4, 0.5) is 4.39 Å². The lowest BCUT2D eigenvalue weighted by atomic mass is 10.0. The fourth-order valence-corrected chi connectivity index (χ4v) is 3.39. The molecule has 3 aromatic rings. The number of ether oxygens (including phenoxy) is 3. The molecule has 1 N–H and O–H groups in total. The van der Waals surface area contributed by atoms with Crippen LogP contribution in [0.3, 0.4) is 0 Å². The van der Waals surface area contributed by atoms with Gasteiger partial charge in [0, 0.05) is 12.8 Å². The van der Waals surface area contributed by atoms with Gasteiger partial charge < -0.3 is 23.9 Å². The van der Waals surface area contributed by atoms with Gasteiger partial charge in [-0.3, -0.25) is 9.59 Å². The summed E-state index contributed by atoms with van der Waals surface area (Å²) in [6.45, 7) is 0. The predicted molar refractivity (Wildman–Crippen MR) is 119 cm³/mol. The number of hydrogen-bond acceptors (Lipinski definition) is 6. The molecule has 0 fully saturated rings. The van der Waals surface area contributed by atoms with Gasteiger partial charge in [-0.05, 0) is 42.0 Å². The van der Waals surface area contributed by atoms with Crippen LogP contribution < -0.4 is 14.8 Å². The highest BCUT2D eigenvalue weighted by atomic mass is 19.1. The summed E-state index contributed by atoms with van der Waals surface area (Å²) in [5.41, 5.74) is 1.03. The Morgan fingerprint density at radius 3 is 2.45 bits per heavy atom. The molecule has 0 bridgehead atoms. The number of carbonyl (C=O) groups excluding carboxylic acids is 2. The number of hydrogen-bond donors (Lipinski definition) is 1. The van der Waals surface area contributed by atoms with Crippen molar-refractivity contribution in [1.82, 2.24) is 5.32 Å². The van der Waals surface area contributed by atoms with Gasteiger partial charge in [-0.15, -0.1) is 0 Å². The summed E-state index contributed by atoms with van der Waals surface area (Å²) in [6.07, 6.45) is 0.391. The molecule has 33 heavy (non-hydrogen) atoms. The van der Waals surface area contributed by atoms with Crippen molar-refractivity contribution in [3.63, 3.8) is 0 Å². The van der Waals surface area contributed by atoms with Gasteiger partial charge in [0.05, 0.1) is 39.4 Å². The Hall–Kier alpha value is -3.81. The van der Waals surface area contributed by atoms with E-state index in [1.165, 1.54) is 27.4 Å². The lowest BCUT2D eigenvalue weighted by molar-refractivity contribution is -0.141. The summed E-state index contributed by atoms with van der Waals surface area (Å²) in [7, 11) is 4.33. The molecule has 2 aromatic carbocycles. The van der Waals surface area contributed by atoms with E-state index < -0.39 is 12.0 Å². The summed E-state index contributed by atoms with van der Waals surface area (Å²) >= 11 is 0. The summed E-state index contributed by atoms with van der Waals surface area (Å²) in [4.78, 5) is 24.6. The Balaban J connectivity index is 1.68. The predicted octanol–water partition coefficient (Wildman–Crippen LogP) is 4.46. The number of nitrogens with one attached hydrogen (secondary N) is 1. The van der Waals surface area contributed by atoms with Crippen LogP contribution in [0, 0.1) is 5.82 Å². The van der Waals surface area contributed by atoms with E-state index >= 15 is 0 Å². The first-order valence-corrected chi connectivity index (χ1v) is 10.4. The zero-order valence-electron chi connectivity index (χ0n) is 18.7. The molecule has 1 unspecified atom stereocenters. The fourth-order valence-electron chi connectivity index (χ4n) is 3.39. The van der Waals surface area contributed by atoms with Gasteiger partial charge >= 0.3 is 5.97 Å². The maximum absolute atomic E-state index is 14.0. The van der Waals surface area contributed by atoms with Crippen molar-refractivity contribution in [1.29, 1.82) is 0 Å². The molecule has 0 saturated heterocycles. The van der Waals surface area contributed by atoms with E-state index in [1.807, 2.05) is 0 Å². The molecular weight excluding hydrogens is 429 g/mol. The molecule has 1 aromatic heterocycles. The summed E-state index contributed by atoms with van der Waals surface area (Å²) in [5, 5.41) is 2.87. The Kier molecular flexibility index (Phi) is 8.07. The molecule has 0 spiro atoms. The van der Waals surface area contributed by atoms with Crippen LogP contribution in [0.15, 0.2) is 59.0 Å². The number of aryl methyl sites for hydroxylation is 1. The third kappa shape index (κ3) is 6.12. The maximum Gasteiger partial charge on any atom is 0.307 e. The Morgan fingerprint density at radius 2 is 1.76 bits per heavy atom. The number of esters is 1. The molecule has 0 aliphatic heterocycles. The highest BCUT2D eigenvalue weighted by Crippen LogP contribution is 2.31. The molecule has 1 amide bonds. The summed E-state index contributed by atoms with van der Waals surface area (Å²) in [6, 6.07) is 14.3. The number of amides is 1. The zero-order chi connectivity index (χ0) is 23.8. The van der Waals surface area contributed by atoms with Crippen molar-refractivity contribution in [2.45, 2.75) is 25.3 Å².